The summed E-state index contributed by atoms with van der Waals surface area (Å²) in [6, 6.07) is 0. The second-order valence-corrected chi connectivity index (χ2v) is 9.51. The maximum atomic E-state index is 2.48. The Balaban J connectivity index is 3.41. The van der Waals surface area contributed by atoms with Gasteiger partial charge in [-0.15, -0.1) is 0 Å². The van der Waals surface area contributed by atoms with Crippen LogP contribution in [-0.4, -0.2) is 0 Å². The highest BCUT2D eigenvalue weighted by atomic mass is 14.2. The third-order valence-electron chi connectivity index (χ3n) is 4.99. The molecule has 0 saturated carbocycles. The Morgan fingerprint density at radius 3 is 1.23 bits per heavy atom. The van der Waals surface area contributed by atoms with Crippen molar-refractivity contribution in [3.05, 3.63) is 0 Å². The second-order valence-electron chi connectivity index (χ2n) is 9.51. The highest BCUT2D eigenvalue weighted by molar-refractivity contribution is 4.69. The molecule has 0 aliphatic rings. The van der Waals surface area contributed by atoms with E-state index in [1.807, 2.05) is 0 Å². The van der Waals surface area contributed by atoms with E-state index in [4.69, 9.17) is 0 Å². The molecule has 0 saturated heterocycles. The quantitative estimate of drug-likeness (QED) is 0.282. The van der Waals surface area contributed by atoms with Gasteiger partial charge in [-0.1, -0.05) is 112 Å². The van der Waals surface area contributed by atoms with Crippen molar-refractivity contribution in [3.63, 3.8) is 0 Å². The molecule has 0 aliphatic carbocycles. The van der Waals surface area contributed by atoms with Crippen LogP contribution in [0.15, 0.2) is 0 Å². The Bertz CT molecular complexity index is 231. The predicted octanol–water partition coefficient (Wildman–Crippen LogP) is 8.54. The van der Waals surface area contributed by atoms with Gasteiger partial charge >= 0.3 is 0 Å². The van der Waals surface area contributed by atoms with Crippen molar-refractivity contribution >= 4 is 0 Å². The lowest BCUT2D eigenvalue weighted by Gasteiger charge is -2.24. The van der Waals surface area contributed by atoms with Crippen LogP contribution >= 0.6 is 0 Å². The van der Waals surface area contributed by atoms with Gasteiger partial charge in [-0.25, -0.2) is 0 Å². The number of unbranched alkanes of at least 4 members (excludes halogenated alkanes) is 9. The zero-order valence-corrected chi connectivity index (χ0v) is 16.9. The van der Waals surface area contributed by atoms with Crippen LogP contribution < -0.4 is 0 Å². The molecule has 0 N–H and O–H groups in total. The van der Waals surface area contributed by atoms with Crippen molar-refractivity contribution in [3.8, 4) is 0 Å². The summed E-state index contributed by atoms with van der Waals surface area (Å²) in [5.74, 6) is 0. The van der Waals surface area contributed by atoms with Gasteiger partial charge in [-0.2, -0.15) is 0 Å². The molecular weight excluding hydrogens is 264 g/mol. The van der Waals surface area contributed by atoms with Crippen molar-refractivity contribution in [1.29, 1.82) is 0 Å². The summed E-state index contributed by atoms with van der Waals surface area (Å²) in [7, 11) is 0. The van der Waals surface area contributed by atoms with Crippen LogP contribution in [0.3, 0.4) is 0 Å². The van der Waals surface area contributed by atoms with E-state index in [0.29, 0.717) is 10.8 Å². The maximum absolute atomic E-state index is 2.48. The van der Waals surface area contributed by atoms with Crippen LogP contribution in [0.2, 0.25) is 0 Å². The Labute approximate surface area is 142 Å². The third-order valence-corrected chi connectivity index (χ3v) is 4.99. The van der Waals surface area contributed by atoms with Crippen LogP contribution in [0.4, 0.5) is 0 Å². The van der Waals surface area contributed by atoms with Gasteiger partial charge < -0.3 is 0 Å². The van der Waals surface area contributed by atoms with E-state index in [0.717, 1.165) is 0 Å². The summed E-state index contributed by atoms with van der Waals surface area (Å²) >= 11 is 0. The van der Waals surface area contributed by atoms with Crippen molar-refractivity contribution in [1.82, 2.24) is 0 Å². The van der Waals surface area contributed by atoms with Gasteiger partial charge in [0.2, 0.25) is 0 Å². The fourth-order valence-electron chi connectivity index (χ4n) is 3.30. The van der Waals surface area contributed by atoms with Gasteiger partial charge in [-0.05, 0) is 30.1 Å². The maximum Gasteiger partial charge on any atom is -0.0354 e. The molecule has 22 heavy (non-hydrogen) atoms. The average Bonchev–Trinajstić information content (AvgIpc) is 2.40. The minimum atomic E-state index is 0.529. The smallest absolute Gasteiger partial charge is 0.0354 e. The van der Waals surface area contributed by atoms with Crippen LogP contribution in [0.1, 0.15) is 131 Å². The van der Waals surface area contributed by atoms with E-state index < -0.39 is 0 Å². The Morgan fingerprint density at radius 2 is 0.818 bits per heavy atom. The summed E-state index contributed by atoms with van der Waals surface area (Å²) in [6.07, 6.45) is 20.1. The summed E-state index contributed by atoms with van der Waals surface area (Å²) in [6.45, 7) is 14.3. The molecule has 0 fully saturated rings. The lowest BCUT2D eigenvalue weighted by Crippen LogP contribution is -2.11. The molecule has 0 heterocycles. The first kappa shape index (κ1) is 22.0. The van der Waals surface area contributed by atoms with E-state index >= 15 is 0 Å². The normalized spacial score (nSPS) is 12.8. The molecule has 0 heteroatoms. The van der Waals surface area contributed by atoms with E-state index in [2.05, 4.69) is 41.5 Å². The second kappa shape index (κ2) is 12.4. The van der Waals surface area contributed by atoms with Gasteiger partial charge in [0.1, 0.15) is 0 Å². The molecule has 0 aromatic carbocycles. The lowest BCUT2D eigenvalue weighted by atomic mass is 9.81. The van der Waals surface area contributed by atoms with E-state index in [1.54, 1.807) is 0 Å². The van der Waals surface area contributed by atoms with Gasteiger partial charge in [0.15, 0.2) is 0 Å². The van der Waals surface area contributed by atoms with Gasteiger partial charge in [0, 0.05) is 0 Å². The molecule has 0 bridgehead atoms. The molecule has 0 spiro atoms. The summed E-state index contributed by atoms with van der Waals surface area (Å²) in [5.41, 5.74) is 1.11. The first-order valence-electron chi connectivity index (χ1n) is 10.3. The van der Waals surface area contributed by atoms with Gasteiger partial charge in [-0.3, -0.25) is 0 Å². The standard InChI is InChI=1S/C22H46/c1-7-8-9-12-16-19-22(5,6)20-17-14-11-10-13-15-18-21(2,3)4/h7-20H2,1-6H3. The van der Waals surface area contributed by atoms with Crippen molar-refractivity contribution in [2.75, 3.05) is 0 Å². The van der Waals surface area contributed by atoms with Crippen molar-refractivity contribution < 1.29 is 0 Å². The SMILES string of the molecule is CCCCCCCC(C)(C)CCCCCCCCC(C)(C)C. The minimum absolute atomic E-state index is 0.529. The highest BCUT2D eigenvalue weighted by Crippen LogP contribution is 2.30. The fraction of sp³-hybridized carbons (Fsp3) is 1.00. The molecule has 0 nitrogen and oxygen atoms in total. The molecule has 0 radical (unpaired) electrons. The summed E-state index contributed by atoms with van der Waals surface area (Å²) in [5, 5.41) is 0. The molecule has 0 amide bonds. The van der Waals surface area contributed by atoms with Crippen LogP contribution in [0, 0.1) is 10.8 Å². The molecule has 0 aliphatic heterocycles. The average molecular weight is 311 g/mol. The zero-order chi connectivity index (χ0) is 16.9. The topological polar surface area (TPSA) is 0 Å². The molecule has 0 unspecified atom stereocenters. The summed E-state index contributed by atoms with van der Waals surface area (Å²) in [4.78, 5) is 0. The number of rotatable bonds is 14. The van der Waals surface area contributed by atoms with Gasteiger partial charge in [0.05, 0.1) is 0 Å². The Hall–Kier alpha value is 0. The van der Waals surface area contributed by atoms with E-state index in [1.165, 1.54) is 89.9 Å². The third kappa shape index (κ3) is 16.4. The Morgan fingerprint density at radius 1 is 0.455 bits per heavy atom. The molecule has 0 aromatic heterocycles. The first-order chi connectivity index (χ1) is 10.3. The molecule has 0 rings (SSSR count). The monoisotopic (exact) mass is 310 g/mol. The van der Waals surface area contributed by atoms with Gasteiger partial charge in [0.25, 0.3) is 0 Å². The largest absolute Gasteiger partial charge is 0.0654 e. The van der Waals surface area contributed by atoms with Crippen LogP contribution in [0.25, 0.3) is 0 Å². The van der Waals surface area contributed by atoms with Crippen molar-refractivity contribution in [2.24, 2.45) is 10.8 Å². The molecule has 134 valence electrons. The number of hydrogen-bond acceptors (Lipinski definition) is 0. The molecule has 0 aromatic rings. The van der Waals surface area contributed by atoms with Crippen LogP contribution in [0.5, 0.6) is 0 Å². The van der Waals surface area contributed by atoms with E-state index in [-0.39, 0.29) is 0 Å². The zero-order valence-electron chi connectivity index (χ0n) is 16.9. The highest BCUT2D eigenvalue weighted by Gasteiger charge is 2.16. The Kier molecular flexibility index (Phi) is 12.4. The molecular formula is C22H46. The minimum Gasteiger partial charge on any atom is -0.0654 e. The first-order valence-corrected chi connectivity index (χ1v) is 10.3. The summed E-state index contributed by atoms with van der Waals surface area (Å²) < 4.78 is 0. The lowest BCUT2D eigenvalue weighted by molar-refractivity contribution is 0.281. The fourth-order valence-corrected chi connectivity index (χ4v) is 3.30. The number of hydrogen-bond donors (Lipinski definition) is 0. The van der Waals surface area contributed by atoms with Crippen molar-refractivity contribution in [2.45, 2.75) is 131 Å². The van der Waals surface area contributed by atoms with Crippen LogP contribution in [-0.2, 0) is 0 Å². The van der Waals surface area contributed by atoms with E-state index in [9.17, 15) is 0 Å². The predicted molar refractivity (Wildman–Crippen MR) is 104 cm³/mol. The molecule has 0 atom stereocenters.